The first-order chi connectivity index (χ1) is 15.5. The number of halogens is 4. The van der Waals surface area contributed by atoms with E-state index in [1.54, 1.807) is 19.2 Å². The van der Waals surface area contributed by atoms with E-state index in [-0.39, 0.29) is 46.6 Å². The van der Waals surface area contributed by atoms with Crippen molar-refractivity contribution in [3.63, 3.8) is 0 Å². The maximum absolute atomic E-state index is 13.2. The SMILES string of the molecule is Cc1cnc(C(=O)c2ncnc3[nH]ccc23)c(NS(=O)(=O)c2ccc(Cl)c(C(F)(F)F)c2)c1.[NaH]. The third-order valence-electron chi connectivity index (χ3n) is 4.61. The molecule has 0 fully saturated rings. The number of sulfonamides is 1. The molecule has 0 amide bonds. The van der Waals surface area contributed by atoms with Gasteiger partial charge in [0.05, 0.1) is 21.2 Å². The quantitative estimate of drug-likeness (QED) is 0.306. The number of aromatic amines is 1. The molecule has 0 saturated carbocycles. The number of carbonyl (C=O) groups is 1. The Morgan fingerprint density at radius 2 is 1.82 bits per heavy atom. The number of nitrogens with one attached hydrogen (secondary N) is 2. The van der Waals surface area contributed by atoms with Crippen LogP contribution in [0.5, 0.6) is 0 Å². The van der Waals surface area contributed by atoms with Crippen molar-refractivity contribution in [1.82, 2.24) is 19.9 Å². The fourth-order valence-electron chi connectivity index (χ4n) is 3.09. The van der Waals surface area contributed by atoms with E-state index >= 15 is 0 Å². The minimum atomic E-state index is -4.86. The van der Waals surface area contributed by atoms with Gasteiger partial charge in [0.1, 0.15) is 23.4 Å². The summed E-state index contributed by atoms with van der Waals surface area (Å²) >= 11 is 5.58. The Hall–Kier alpha value is -2.51. The van der Waals surface area contributed by atoms with E-state index in [9.17, 15) is 26.4 Å². The standard InChI is InChI=1S/C20H13ClF3N5O3S.Na.H/c1-10-6-15(29-33(31,32)11-2-3-14(21)13(7-11)20(22,23)24)17(26-8-10)18(30)16-12-4-5-25-19(12)28-9-27-16;;/h2-9,29H,1H3,(H,25,27,28);;. The molecule has 4 rings (SSSR count). The summed E-state index contributed by atoms with van der Waals surface area (Å²) < 4.78 is 67.5. The number of pyridine rings is 1. The van der Waals surface area contributed by atoms with Gasteiger partial charge in [-0.1, -0.05) is 11.6 Å². The number of aryl methyl sites for hydroxylation is 1. The summed E-state index contributed by atoms with van der Waals surface area (Å²) in [6.07, 6.45) is -0.786. The molecule has 0 bridgehead atoms. The summed E-state index contributed by atoms with van der Waals surface area (Å²) in [6, 6.07) is 5.10. The summed E-state index contributed by atoms with van der Waals surface area (Å²) in [5, 5.41) is -0.250. The number of ketones is 1. The topological polar surface area (TPSA) is 118 Å². The van der Waals surface area contributed by atoms with E-state index < -0.39 is 37.5 Å². The Bertz CT molecular complexity index is 1510. The molecule has 172 valence electrons. The van der Waals surface area contributed by atoms with Crippen LogP contribution in [0.15, 0.2) is 53.9 Å². The summed E-state index contributed by atoms with van der Waals surface area (Å²) in [6.45, 7) is 1.61. The molecule has 0 aliphatic rings. The van der Waals surface area contributed by atoms with E-state index in [1.807, 2.05) is 0 Å². The van der Waals surface area contributed by atoms with Gasteiger partial charge in [-0.2, -0.15) is 13.2 Å². The third-order valence-corrected chi connectivity index (χ3v) is 6.30. The summed E-state index contributed by atoms with van der Waals surface area (Å²) in [5.74, 6) is -0.702. The number of hydrogen-bond donors (Lipinski definition) is 2. The van der Waals surface area contributed by atoms with Crippen LogP contribution >= 0.6 is 11.6 Å². The summed E-state index contributed by atoms with van der Waals surface area (Å²) in [4.78, 5) is 27.3. The Morgan fingerprint density at radius 1 is 1.09 bits per heavy atom. The van der Waals surface area contributed by atoms with Crippen LogP contribution in [0, 0.1) is 6.92 Å². The number of H-pyrrole nitrogens is 1. The van der Waals surface area contributed by atoms with Crippen molar-refractivity contribution in [1.29, 1.82) is 0 Å². The molecule has 0 radical (unpaired) electrons. The average molecular weight is 520 g/mol. The number of hydrogen-bond acceptors (Lipinski definition) is 6. The fraction of sp³-hybridized carbons (Fsp3) is 0.100. The van der Waals surface area contributed by atoms with Crippen molar-refractivity contribution in [2.24, 2.45) is 0 Å². The van der Waals surface area contributed by atoms with Gasteiger partial charge in [-0.15, -0.1) is 0 Å². The van der Waals surface area contributed by atoms with E-state index in [4.69, 9.17) is 11.6 Å². The molecule has 0 saturated heterocycles. The van der Waals surface area contributed by atoms with E-state index in [0.29, 0.717) is 22.7 Å². The van der Waals surface area contributed by atoms with Crippen LogP contribution in [-0.2, 0) is 16.2 Å². The molecule has 0 atom stereocenters. The van der Waals surface area contributed by atoms with Gasteiger partial charge in [0.25, 0.3) is 10.0 Å². The van der Waals surface area contributed by atoms with Crippen molar-refractivity contribution in [3.05, 3.63) is 76.6 Å². The first-order valence-electron chi connectivity index (χ1n) is 9.16. The second-order valence-corrected chi connectivity index (χ2v) is 9.03. The number of anilines is 1. The number of carbonyl (C=O) groups excluding carboxylic acids is 1. The van der Waals surface area contributed by atoms with Gasteiger partial charge in [-0.25, -0.2) is 18.4 Å². The van der Waals surface area contributed by atoms with Crippen molar-refractivity contribution >= 4 is 73.7 Å². The molecule has 0 aliphatic carbocycles. The van der Waals surface area contributed by atoms with Crippen molar-refractivity contribution < 1.29 is 26.4 Å². The van der Waals surface area contributed by atoms with Gasteiger partial charge in [0, 0.05) is 17.8 Å². The fourth-order valence-corrected chi connectivity index (χ4v) is 4.39. The van der Waals surface area contributed by atoms with Gasteiger partial charge in [-0.3, -0.25) is 14.5 Å². The Balaban J connectivity index is 0.00000324. The van der Waals surface area contributed by atoms with Crippen molar-refractivity contribution in [3.8, 4) is 0 Å². The third kappa shape index (κ3) is 5.10. The molecule has 2 N–H and O–H groups in total. The molecule has 14 heteroatoms. The molecule has 8 nitrogen and oxygen atoms in total. The molecule has 3 heterocycles. The zero-order chi connectivity index (χ0) is 24.0. The predicted octanol–water partition coefficient (Wildman–Crippen LogP) is 3.72. The summed E-state index contributed by atoms with van der Waals surface area (Å²) in [7, 11) is -4.54. The van der Waals surface area contributed by atoms with Crippen molar-refractivity contribution in [2.75, 3.05) is 4.72 Å². The van der Waals surface area contributed by atoms with Crippen LogP contribution in [0.2, 0.25) is 5.02 Å². The minimum absolute atomic E-state index is 0. The Morgan fingerprint density at radius 3 is 2.53 bits per heavy atom. The van der Waals surface area contributed by atoms with Gasteiger partial charge >= 0.3 is 35.7 Å². The second-order valence-electron chi connectivity index (χ2n) is 6.95. The molecule has 0 unspecified atom stereocenters. The van der Waals surface area contributed by atoms with Gasteiger partial charge in [-0.05, 0) is 42.8 Å². The monoisotopic (exact) mass is 519 g/mol. The van der Waals surface area contributed by atoms with Crippen LogP contribution in [0.1, 0.15) is 27.3 Å². The molecule has 1 aromatic carbocycles. The van der Waals surface area contributed by atoms with Crippen LogP contribution in [0.4, 0.5) is 18.9 Å². The average Bonchev–Trinajstić information content (AvgIpc) is 3.21. The van der Waals surface area contributed by atoms with Gasteiger partial charge < -0.3 is 4.98 Å². The first-order valence-corrected chi connectivity index (χ1v) is 11.0. The molecular weight excluding hydrogens is 506 g/mol. The van der Waals surface area contributed by atoms with Crippen LogP contribution in [-0.4, -0.2) is 63.7 Å². The number of rotatable bonds is 5. The molecular formula is C20H14ClF3N5NaO3S. The van der Waals surface area contributed by atoms with Crippen LogP contribution < -0.4 is 4.72 Å². The normalized spacial score (nSPS) is 11.8. The number of nitrogens with zero attached hydrogens (tertiary/aromatic N) is 3. The Kier molecular flexibility index (Phi) is 7.39. The summed E-state index contributed by atoms with van der Waals surface area (Å²) in [5.41, 5.74) is -0.930. The molecule has 0 spiro atoms. The van der Waals surface area contributed by atoms with E-state index in [0.717, 1.165) is 18.5 Å². The molecule has 3 aromatic heterocycles. The number of fused-ring (bicyclic) bond motifs is 1. The zero-order valence-electron chi connectivity index (χ0n) is 16.6. The zero-order valence-corrected chi connectivity index (χ0v) is 18.2. The molecule has 34 heavy (non-hydrogen) atoms. The van der Waals surface area contributed by atoms with E-state index in [2.05, 4.69) is 24.7 Å². The maximum atomic E-state index is 13.2. The van der Waals surface area contributed by atoms with E-state index in [1.165, 1.54) is 12.3 Å². The van der Waals surface area contributed by atoms with Crippen molar-refractivity contribution in [2.45, 2.75) is 18.0 Å². The number of aromatic nitrogens is 4. The van der Waals surface area contributed by atoms with Crippen LogP contribution in [0.25, 0.3) is 11.0 Å². The Labute approximate surface area is 218 Å². The number of benzene rings is 1. The predicted molar refractivity (Wildman–Crippen MR) is 121 cm³/mol. The van der Waals surface area contributed by atoms with Gasteiger partial charge in [0.15, 0.2) is 0 Å². The first kappa shape index (κ1) is 26.1. The molecule has 0 aliphatic heterocycles. The number of alkyl halides is 3. The van der Waals surface area contributed by atoms with Crippen LogP contribution in [0.3, 0.4) is 0 Å². The van der Waals surface area contributed by atoms with Gasteiger partial charge in [0.2, 0.25) is 5.78 Å². The molecule has 4 aromatic rings. The second kappa shape index (κ2) is 9.62.